The van der Waals surface area contributed by atoms with Crippen LogP contribution in [0.3, 0.4) is 0 Å². The van der Waals surface area contributed by atoms with Crippen molar-refractivity contribution in [2.75, 3.05) is 5.73 Å². The fraction of sp³-hybridized carbons (Fsp3) is 0.0667. The van der Waals surface area contributed by atoms with Crippen LogP contribution in [0.1, 0.15) is 0 Å². The Labute approximate surface area is 144 Å². The van der Waals surface area contributed by atoms with Gasteiger partial charge in [-0.25, -0.2) is 9.78 Å². The Morgan fingerprint density at radius 1 is 1.30 bits per heavy atom. The van der Waals surface area contributed by atoms with E-state index in [1.165, 1.54) is 15.2 Å². The van der Waals surface area contributed by atoms with Crippen LogP contribution in [0, 0.1) is 5.95 Å². The normalized spacial score (nSPS) is 11.0. The second-order valence-corrected chi connectivity index (χ2v) is 6.18. The number of halogens is 3. The van der Waals surface area contributed by atoms with Gasteiger partial charge in [0.1, 0.15) is 0 Å². The zero-order chi connectivity index (χ0) is 16.7. The summed E-state index contributed by atoms with van der Waals surface area (Å²) in [7, 11) is 1.65. The molecule has 8 heteroatoms. The lowest BCUT2D eigenvalue weighted by molar-refractivity contribution is 0.585. The molecule has 0 aliphatic carbocycles. The van der Waals surface area contributed by atoms with Crippen LogP contribution in [0.5, 0.6) is 0 Å². The number of imidazole rings is 1. The van der Waals surface area contributed by atoms with Gasteiger partial charge in [0.25, 0.3) is 0 Å². The van der Waals surface area contributed by atoms with Gasteiger partial charge in [0.2, 0.25) is 5.95 Å². The van der Waals surface area contributed by atoms with E-state index in [1.807, 2.05) is 0 Å². The maximum absolute atomic E-state index is 13.5. The van der Waals surface area contributed by atoms with E-state index in [2.05, 4.69) is 20.9 Å². The number of benzene rings is 1. The molecule has 118 valence electrons. The highest BCUT2D eigenvalue weighted by molar-refractivity contribution is 9.10. The lowest BCUT2D eigenvalue weighted by Crippen LogP contribution is -2.20. The summed E-state index contributed by atoms with van der Waals surface area (Å²) in [5.41, 5.74) is 7.39. The summed E-state index contributed by atoms with van der Waals surface area (Å²) in [6, 6.07) is 6.14. The van der Waals surface area contributed by atoms with Gasteiger partial charge in [-0.1, -0.05) is 17.7 Å². The maximum atomic E-state index is 13.5. The number of nitrogens with two attached hydrogens (primary N) is 1. The van der Waals surface area contributed by atoms with Gasteiger partial charge < -0.3 is 10.3 Å². The van der Waals surface area contributed by atoms with Crippen molar-refractivity contribution in [3.8, 4) is 16.9 Å². The Balaban J connectivity index is 2.14. The number of anilines is 1. The van der Waals surface area contributed by atoms with Crippen LogP contribution in [0.4, 0.5) is 10.1 Å². The molecule has 5 nitrogen and oxygen atoms in total. The first-order valence-electron chi connectivity index (χ1n) is 6.54. The average molecular weight is 398 g/mol. The molecular formula is C15H11BrClFN4O. The fourth-order valence-corrected chi connectivity index (χ4v) is 2.86. The van der Waals surface area contributed by atoms with Gasteiger partial charge in [0.05, 0.1) is 22.1 Å². The second-order valence-electron chi connectivity index (χ2n) is 4.92. The molecule has 3 aromatic rings. The molecule has 2 heterocycles. The highest BCUT2D eigenvalue weighted by atomic mass is 79.9. The standard InChI is InChI=1S/C15H11BrClFN4O/c1-21-4-5-22(15(21)23)11-3-2-8(6-10(11)17)14-13(19)9(16)7-12(18)20-14/h2-7H,19H2,1H3. The number of nitrogen functional groups attached to an aromatic ring is 1. The van der Waals surface area contributed by atoms with E-state index in [9.17, 15) is 9.18 Å². The summed E-state index contributed by atoms with van der Waals surface area (Å²) in [5, 5.41) is 0.331. The third kappa shape index (κ3) is 2.77. The van der Waals surface area contributed by atoms with Crippen molar-refractivity contribution in [3.63, 3.8) is 0 Å². The molecule has 0 spiro atoms. The van der Waals surface area contributed by atoms with Gasteiger partial charge in [-0.3, -0.25) is 4.57 Å². The molecule has 0 amide bonds. The highest BCUT2D eigenvalue weighted by Gasteiger charge is 2.14. The molecule has 2 aromatic heterocycles. The monoisotopic (exact) mass is 396 g/mol. The first-order valence-corrected chi connectivity index (χ1v) is 7.71. The average Bonchev–Trinajstić information content (AvgIpc) is 2.83. The SMILES string of the molecule is Cn1ccn(-c2ccc(-c3nc(F)cc(Br)c3N)cc2Cl)c1=O. The quantitative estimate of drug-likeness (QED) is 0.674. The van der Waals surface area contributed by atoms with Crippen LogP contribution in [0.15, 0.2) is 45.9 Å². The smallest absolute Gasteiger partial charge is 0.332 e. The van der Waals surface area contributed by atoms with Crippen LogP contribution in [0.25, 0.3) is 16.9 Å². The largest absolute Gasteiger partial charge is 0.396 e. The van der Waals surface area contributed by atoms with Gasteiger partial charge in [-0.15, -0.1) is 0 Å². The Hall–Kier alpha value is -2.12. The molecule has 23 heavy (non-hydrogen) atoms. The molecule has 0 aliphatic heterocycles. The van der Waals surface area contributed by atoms with Gasteiger partial charge in [-0.2, -0.15) is 4.39 Å². The molecule has 2 N–H and O–H groups in total. The molecule has 0 radical (unpaired) electrons. The molecule has 0 fully saturated rings. The van der Waals surface area contributed by atoms with E-state index in [4.69, 9.17) is 17.3 Å². The number of nitrogens with zero attached hydrogens (tertiary/aromatic N) is 3. The minimum Gasteiger partial charge on any atom is -0.396 e. The summed E-state index contributed by atoms with van der Waals surface area (Å²) < 4.78 is 16.8. The molecule has 0 saturated carbocycles. The Bertz CT molecular complexity index is 967. The van der Waals surface area contributed by atoms with E-state index < -0.39 is 5.95 Å². The summed E-state index contributed by atoms with van der Waals surface area (Å²) in [4.78, 5) is 15.8. The minimum absolute atomic E-state index is 0.217. The topological polar surface area (TPSA) is 65.8 Å². The molecule has 0 unspecified atom stereocenters. The molecule has 0 aliphatic rings. The van der Waals surface area contributed by atoms with Crippen molar-refractivity contribution in [2.45, 2.75) is 0 Å². The number of aromatic nitrogens is 3. The number of hydrogen-bond donors (Lipinski definition) is 1. The Morgan fingerprint density at radius 2 is 2.04 bits per heavy atom. The van der Waals surface area contributed by atoms with Crippen LogP contribution in [-0.4, -0.2) is 14.1 Å². The zero-order valence-electron chi connectivity index (χ0n) is 11.9. The van der Waals surface area contributed by atoms with E-state index in [0.717, 1.165) is 0 Å². The first kappa shape index (κ1) is 15.8. The van der Waals surface area contributed by atoms with Crippen molar-refractivity contribution >= 4 is 33.2 Å². The van der Waals surface area contributed by atoms with Gasteiger partial charge >= 0.3 is 5.69 Å². The van der Waals surface area contributed by atoms with Crippen molar-refractivity contribution in [3.05, 3.63) is 62.6 Å². The number of pyridine rings is 1. The first-order chi connectivity index (χ1) is 10.9. The number of rotatable bonds is 2. The molecule has 0 saturated heterocycles. The number of aryl methyl sites for hydroxylation is 1. The van der Waals surface area contributed by atoms with E-state index in [0.29, 0.717) is 26.4 Å². The van der Waals surface area contributed by atoms with Crippen molar-refractivity contribution in [1.82, 2.24) is 14.1 Å². The minimum atomic E-state index is -0.652. The zero-order valence-corrected chi connectivity index (χ0v) is 14.3. The van der Waals surface area contributed by atoms with Crippen LogP contribution < -0.4 is 11.4 Å². The molecule has 0 bridgehead atoms. The van der Waals surface area contributed by atoms with E-state index in [-0.39, 0.29) is 11.4 Å². The highest BCUT2D eigenvalue weighted by Crippen LogP contribution is 2.33. The summed E-state index contributed by atoms with van der Waals surface area (Å²) in [6.07, 6.45) is 3.25. The van der Waals surface area contributed by atoms with Crippen molar-refractivity contribution in [1.29, 1.82) is 0 Å². The fourth-order valence-electron chi connectivity index (χ4n) is 2.21. The van der Waals surface area contributed by atoms with Gasteiger partial charge in [0.15, 0.2) is 0 Å². The Kier molecular flexibility index (Phi) is 3.99. The lowest BCUT2D eigenvalue weighted by Gasteiger charge is -2.10. The Morgan fingerprint density at radius 3 is 2.65 bits per heavy atom. The second kappa shape index (κ2) is 5.82. The van der Waals surface area contributed by atoms with Crippen molar-refractivity contribution < 1.29 is 4.39 Å². The molecular weight excluding hydrogens is 387 g/mol. The van der Waals surface area contributed by atoms with Crippen LogP contribution in [-0.2, 0) is 7.05 Å². The van der Waals surface area contributed by atoms with Gasteiger partial charge in [-0.05, 0) is 28.1 Å². The van der Waals surface area contributed by atoms with Crippen LogP contribution >= 0.6 is 27.5 Å². The van der Waals surface area contributed by atoms with Crippen molar-refractivity contribution in [2.24, 2.45) is 7.05 Å². The van der Waals surface area contributed by atoms with Gasteiger partial charge in [0, 0.05) is 35.5 Å². The maximum Gasteiger partial charge on any atom is 0.332 e. The molecule has 0 atom stereocenters. The molecule has 3 rings (SSSR count). The molecule has 1 aromatic carbocycles. The third-order valence-corrected chi connectivity index (χ3v) is 4.36. The van der Waals surface area contributed by atoms with E-state index >= 15 is 0 Å². The van der Waals surface area contributed by atoms with Crippen LogP contribution in [0.2, 0.25) is 5.02 Å². The van der Waals surface area contributed by atoms with E-state index in [1.54, 1.807) is 37.6 Å². The summed E-state index contributed by atoms with van der Waals surface area (Å²) >= 11 is 9.47. The predicted octanol–water partition coefficient (Wildman–Crippen LogP) is 3.38. The predicted molar refractivity (Wildman–Crippen MR) is 91.3 cm³/mol. The number of hydrogen-bond acceptors (Lipinski definition) is 3. The lowest BCUT2D eigenvalue weighted by atomic mass is 10.1. The summed E-state index contributed by atoms with van der Waals surface area (Å²) in [5.74, 6) is -0.652. The summed E-state index contributed by atoms with van der Waals surface area (Å²) in [6.45, 7) is 0. The third-order valence-electron chi connectivity index (χ3n) is 3.40.